The molecule has 8 nitrogen and oxygen atoms in total. The van der Waals surface area contributed by atoms with Gasteiger partial charge < -0.3 is 29.4 Å². The Morgan fingerprint density at radius 1 is 1.10 bits per heavy atom. The first-order chi connectivity index (χ1) is 15.1. The Morgan fingerprint density at radius 2 is 1.74 bits per heavy atom. The van der Waals surface area contributed by atoms with Crippen molar-refractivity contribution in [3.05, 3.63) is 35.4 Å². The van der Waals surface area contributed by atoms with Gasteiger partial charge in [-0.15, -0.1) is 0 Å². The lowest BCUT2D eigenvalue weighted by atomic mass is 9.80. The highest BCUT2D eigenvalue weighted by molar-refractivity contribution is 5.95. The van der Waals surface area contributed by atoms with E-state index < -0.39 is 0 Å². The van der Waals surface area contributed by atoms with Crippen molar-refractivity contribution in [2.75, 3.05) is 39.5 Å². The number of aromatic nitrogens is 2. The first kappa shape index (κ1) is 21.5. The number of aromatic amines is 1. The smallest absolute Gasteiger partial charge is 0.254 e. The molecule has 2 aliphatic heterocycles. The second-order valence-corrected chi connectivity index (χ2v) is 8.02. The zero-order valence-electron chi connectivity index (χ0n) is 18.7. The molecule has 0 aliphatic carbocycles. The number of hydrogen-bond donors (Lipinski definition) is 2. The number of piperidine rings is 1. The third-order valence-electron chi connectivity index (χ3n) is 6.22. The Labute approximate surface area is 183 Å². The Balaban J connectivity index is 1.55. The molecule has 168 valence electrons. The Morgan fingerprint density at radius 3 is 2.35 bits per heavy atom. The molecular weight excluding hydrogens is 396 g/mol. The zero-order chi connectivity index (χ0) is 21.8. The SMILES string of the molecule is CCOc1cc(C(=O)N2CCC3(CC2)[NH2+]CCc2[nH]cnc23)cc(OCC)c1OCC. The van der Waals surface area contributed by atoms with E-state index in [2.05, 4.69) is 15.3 Å². The second kappa shape index (κ2) is 9.18. The summed E-state index contributed by atoms with van der Waals surface area (Å²) in [6.45, 7) is 9.66. The fraction of sp³-hybridized carbons (Fsp3) is 0.565. The van der Waals surface area contributed by atoms with E-state index in [1.54, 1.807) is 18.5 Å². The van der Waals surface area contributed by atoms with Crippen LogP contribution in [0.2, 0.25) is 0 Å². The van der Waals surface area contributed by atoms with Gasteiger partial charge in [-0.05, 0) is 32.9 Å². The van der Waals surface area contributed by atoms with Gasteiger partial charge in [-0.2, -0.15) is 0 Å². The average Bonchev–Trinajstić information content (AvgIpc) is 3.27. The molecule has 0 radical (unpaired) electrons. The van der Waals surface area contributed by atoms with Gasteiger partial charge in [0.1, 0.15) is 11.2 Å². The predicted octanol–water partition coefficient (Wildman–Crippen LogP) is 1.86. The summed E-state index contributed by atoms with van der Waals surface area (Å²) >= 11 is 0. The molecule has 1 fully saturated rings. The number of nitrogens with one attached hydrogen (secondary N) is 1. The highest BCUT2D eigenvalue weighted by Crippen LogP contribution is 2.40. The molecule has 2 aromatic rings. The number of hydrogen-bond acceptors (Lipinski definition) is 5. The highest BCUT2D eigenvalue weighted by atomic mass is 16.5. The molecule has 8 heteroatoms. The largest absolute Gasteiger partial charge is 0.490 e. The number of carbonyl (C=O) groups is 1. The zero-order valence-corrected chi connectivity index (χ0v) is 18.7. The van der Waals surface area contributed by atoms with Crippen LogP contribution in [0.15, 0.2) is 18.5 Å². The summed E-state index contributed by atoms with van der Waals surface area (Å²) in [5.41, 5.74) is 2.97. The minimum absolute atomic E-state index is 0.00198. The van der Waals surface area contributed by atoms with E-state index in [4.69, 9.17) is 14.2 Å². The first-order valence-corrected chi connectivity index (χ1v) is 11.3. The van der Waals surface area contributed by atoms with Gasteiger partial charge in [0.15, 0.2) is 11.5 Å². The van der Waals surface area contributed by atoms with E-state index in [-0.39, 0.29) is 11.4 Å². The fourth-order valence-electron chi connectivity index (χ4n) is 4.77. The lowest BCUT2D eigenvalue weighted by Crippen LogP contribution is -2.97. The number of nitrogens with two attached hydrogens (primary N) is 1. The summed E-state index contributed by atoms with van der Waals surface area (Å²) in [7, 11) is 0. The number of amides is 1. The standard InChI is InChI=1S/C23H32N4O4/c1-4-29-18-13-16(14-19(30-5-2)20(18)31-6-3)22(28)27-11-8-23(9-12-27)21-17(7-10-26-23)24-15-25-21/h13-15,26H,4-12H2,1-3H3,(H,24,25)/p+1. The van der Waals surface area contributed by atoms with E-state index >= 15 is 0 Å². The number of rotatable bonds is 7. The van der Waals surface area contributed by atoms with Crippen molar-refractivity contribution in [3.63, 3.8) is 0 Å². The predicted molar refractivity (Wildman–Crippen MR) is 116 cm³/mol. The maximum atomic E-state index is 13.4. The van der Waals surface area contributed by atoms with E-state index in [1.165, 1.54) is 11.4 Å². The van der Waals surface area contributed by atoms with Crippen LogP contribution in [-0.4, -0.2) is 60.2 Å². The molecule has 2 aliphatic rings. The van der Waals surface area contributed by atoms with Crippen LogP contribution in [0.5, 0.6) is 17.2 Å². The number of fused-ring (bicyclic) bond motifs is 2. The maximum Gasteiger partial charge on any atom is 0.254 e. The van der Waals surface area contributed by atoms with Crippen molar-refractivity contribution in [1.29, 1.82) is 0 Å². The summed E-state index contributed by atoms with van der Waals surface area (Å²) < 4.78 is 17.3. The summed E-state index contributed by atoms with van der Waals surface area (Å²) in [6, 6.07) is 3.56. The molecular formula is C23H33N4O4+. The molecule has 0 bridgehead atoms. The van der Waals surface area contributed by atoms with Crippen LogP contribution in [0, 0.1) is 0 Å². The van der Waals surface area contributed by atoms with Gasteiger partial charge >= 0.3 is 0 Å². The van der Waals surface area contributed by atoms with E-state index in [0.29, 0.717) is 55.7 Å². The summed E-state index contributed by atoms with van der Waals surface area (Å²) in [5, 5.41) is 2.41. The molecule has 31 heavy (non-hydrogen) atoms. The number of likely N-dealkylation sites (tertiary alicyclic amines) is 1. The molecule has 3 N–H and O–H groups in total. The molecule has 1 saturated heterocycles. The monoisotopic (exact) mass is 429 g/mol. The quantitative estimate of drug-likeness (QED) is 0.701. The van der Waals surface area contributed by atoms with Crippen LogP contribution in [0.3, 0.4) is 0 Å². The van der Waals surface area contributed by atoms with Gasteiger partial charge in [-0.25, -0.2) is 4.98 Å². The van der Waals surface area contributed by atoms with Gasteiger partial charge in [0, 0.05) is 43.6 Å². The van der Waals surface area contributed by atoms with Crippen LogP contribution in [0.1, 0.15) is 55.4 Å². The average molecular weight is 430 g/mol. The maximum absolute atomic E-state index is 13.4. The number of ether oxygens (including phenoxy) is 3. The fourth-order valence-corrected chi connectivity index (χ4v) is 4.77. The van der Waals surface area contributed by atoms with Gasteiger partial charge in [0.25, 0.3) is 5.91 Å². The molecule has 1 aromatic carbocycles. The van der Waals surface area contributed by atoms with Crippen molar-refractivity contribution in [1.82, 2.24) is 14.9 Å². The molecule has 1 aromatic heterocycles. The van der Waals surface area contributed by atoms with Gasteiger partial charge in [0.2, 0.25) is 5.75 Å². The van der Waals surface area contributed by atoms with Gasteiger partial charge in [-0.3, -0.25) is 4.79 Å². The third-order valence-corrected chi connectivity index (χ3v) is 6.22. The topological polar surface area (TPSA) is 93.3 Å². The van der Waals surface area contributed by atoms with Crippen molar-refractivity contribution >= 4 is 5.91 Å². The summed E-state index contributed by atoms with van der Waals surface area (Å²) in [4.78, 5) is 23.2. The number of imidazole rings is 1. The second-order valence-electron chi connectivity index (χ2n) is 8.02. The molecule has 0 atom stereocenters. The molecule has 3 heterocycles. The minimum Gasteiger partial charge on any atom is -0.490 e. The number of H-pyrrole nitrogens is 1. The van der Waals surface area contributed by atoms with Crippen LogP contribution in [0.4, 0.5) is 0 Å². The van der Waals surface area contributed by atoms with Crippen LogP contribution < -0.4 is 19.5 Å². The van der Waals surface area contributed by atoms with E-state index in [1.807, 2.05) is 25.7 Å². The highest BCUT2D eigenvalue weighted by Gasteiger charge is 2.45. The number of quaternary nitrogens is 1. The van der Waals surface area contributed by atoms with Gasteiger partial charge in [-0.1, -0.05) is 0 Å². The van der Waals surface area contributed by atoms with Crippen LogP contribution in [-0.2, 0) is 12.0 Å². The van der Waals surface area contributed by atoms with Gasteiger partial charge in [0.05, 0.1) is 32.7 Å². The Bertz CT molecular complexity index is 891. The van der Waals surface area contributed by atoms with Crippen molar-refractivity contribution < 1.29 is 24.3 Å². The first-order valence-electron chi connectivity index (χ1n) is 11.3. The molecule has 0 unspecified atom stereocenters. The van der Waals surface area contributed by atoms with E-state index in [9.17, 15) is 4.79 Å². The molecule has 0 saturated carbocycles. The molecule has 1 amide bonds. The van der Waals surface area contributed by atoms with Crippen molar-refractivity contribution in [2.24, 2.45) is 0 Å². The third kappa shape index (κ3) is 4.08. The summed E-state index contributed by atoms with van der Waals surface area (Å²) in [5.74, 6) is 1.66. The Kier molecular flexibility index (Phi) is 6.36. The summed E-state index contributed by atoms with van der Waals surface area (Å²) in [6.07, 6.45) is 4.61. The lowest BCUT2D eigenvalue weighted by molar-refractivity contribution is -0.743. The lowest BCUT2D eigenvalue weighted by Gasteiger charge is -2.41. The van der Waals surface area contributed by atoms with Crippen molar-refractivity contribution in [2.45, 2.75) is 45.6 Å². The number of benzene rings is 1. The van der Waals surface area contributed by atoms with Crippen LogP contribution >= 0.6 is 0 Å². The van der Waals surface area contributed by atoms with E-state index in [0.717, 1.165) is 25.8 Å². The minimum atomic E-state index is -0.0177. The number of carbonyl (C=O) groups excluding carboxylic acids is 1. The Hall–Kier alpha value is -2.74. The molecule has 4 rings (SSSR count). The molecule has 1 spiro atoms. The van der Waals surface area contributed by atoms with Crippen LogP contribution in [0.25, 0.3) is 0 Å². The normalized spacial score (nSPS) is 17.3. The van der Waals surface area contributed by atoms with Crippen molar-refractivity contribution in [3.8, 4) is 17.2 Å². The number of nitrogens with zero attached hydrogens (tertiary/aromatic N) is 2.